The predicted molar refractivity (Wildman–Crippen MR) is 145 cm³/mol. The molecule has 1 aliphatic rings. The number of aromatic nitrogens is 1. The zero-order valence-corrected chi connectivity index (χ0v) is 21.4. The van der Waals surface area contributed by atoms with Gasteiger partial charge in [-0.05, 0) is 47.4 Å². The van der Waals surface area contributed by atoms with Crippen molar-refractivity contribution in [2.75, 3.05) is 0 Å². The molecule has 0 N–H and O–H groups in total. The van der Waals surface area contributed by atoms with Gasteiger partial charge in [-0.15, -0.1) is 0 Å². The maximum absolute atomic E-state index is 13.9. The molecule has 0 radical (unpaired) electrons. The lowest BCUT2D eigenvalue weighted by atomic mass is 9.58. The van der Waals surface area contributed by atoms with E-state index in [1.165, 1.54) is 0 Å². The zero-order chi connectivity index (χ0) is 26.7. The van der Waals surface area contributed by atoms with Crippen molar-refractivity contribution in [2.45, 2.75) is 30.8 Å². The summed E-state index contributed by atoms with van der Waals surface area (Å²) in [7, 11) is -5.53. The lowest BCUT2D eigenvalue weighted by Crippen LogP contribution is -2.43. The molecule has 0 aliphatic heterocycles. The molecule has 1 aliphatic carbocycles. The van der Waals surface area contributed by atoms with Crippen molar-refractivity contribution >= 4 is 37.2 Å². The number of halogens is 3. The lowest BCUT2D eigenvalue weighted by Gasteiger charge is -2.47. The SMILES string of the molecule is CCn1c2ccccc2c2cc([C@@]3(c4ccccc4)CC(S(=O)(=O)C(F)(F)F)=C3c3ccccc3)ccc21. The van der Waals surface area contributed by atoms with Gasteiger partial charge in [0.05, 0.1) is 10.3 Å². The molecule has 5 aromatic rings. The summed E-state index contributed by atoms with van der Waals surface area (Å²) in [5.74, 6) is 0. The third kappa shape index (κ3) is 3.38. The molecule has 192 valence electrons. The van der Waals surface area contributed by atoms with Crippen molar-refractivity contribution in [1.29, 1.82) is 0 Å². The average molecular weight is 532 g/mol. The first kappa shape index (κ1) is 24.5. The molecule has 3 nitrogen and oxygen atoms in total. The number of benzene rings is 4. The van der Waals surface area contributed by atoms with Crippen molar-refractivity contribution in [3.8, 4) is 0 Å². The van der Waals surface area contributed by atoms with Gasteiger partial charge < -0.3 is 4.57 Å². The first-order valence-electron chi connectivity index (χ1n) is 12.4. The number of para-hydroxylation sites is 1. The first-order chi connectivity index (χ1) is 18.2. The highest BCUT2D eigenvalue weighted by Crippen LogP contribution is 2.60. The number of sulfone groups is 1. The Morgan fingerprint density at radius 3 is 2.03 bits per heavy atom. The standard InChI is InChI=1S/C31H24F3NO2S/c1-2-35-26-16-10-9-15-24(26)25-19-23(17-18-27(25)35)30(22-13-7-4-8-14-22)20-28(38(36,37)31(32,33)34)29(30)21-11-5-3-6-12-21/h3-19H,2,20H2,1H3/t30-/m0/s1. The van der Waals surface area contributed by atoms with Gasteiger partial charge in [-0.3, -0.25) is 0 Å². The molecule has 7 heteroatoms. The minimum atomic E-state index is -5.53. The van der Waals surface area contributed by atoms with E-state index in [-0.39, 0.29) is 12.0 Å². The molecule has 0 fully saturated rings. The van der Waals surface area contributed by atoms with Crippen molar-refractivity contribution in [2.24, 2.45) is 0 Å². The van der Waals surface area contributed by atoms with Crippen LogP contribution in [0.1, 0.15) is 30.0 Å². The molecule has 6 rings (SSSR count). The van der Waals surface area contributed by atoms with Gasteiger partial charge in [0.25, 0.3) is 9.84 Å². The van der Waals surface area contributed by atoms with E-state index in [1.54, 1.807) is 30.3 Å². The van der Waals surface area contributed by atoms with E-state index in [9.17, 15) is 21.6 Å². The van der Waals surface area contributed by atoms with Gasteiger partial charge in [0.1, 0.15) is 0 Å². The number of alkyl halides is 3. The normalized spacial score (nSPS) is 18.2. The third-order valence-electron chi connectivity index (χ3n) is 7.67. The topological polar surface area (TPSA) is 39.1 Å². The largest absolute Gasteiger partial charge is 0.501 e. The van der Waals surface area contributed by atoms with Crippen LogP contribution in [0.25, 0.3) is 27.4 Å². The highest BCUT2D eigenvalue weighted by atomic mass is 32.2. The number of fused-ring (bicyclic) bond motifs is 3. The monoisotopic (exact) mass is 531 g/mol. The molecule has 0 unspecified atom stereocenters. The molecule has 4 aromatic carbocycles. The lowest BCUT2D eigenvalue weighted by molar-refractivity contribution is -0.0428. The fourth-order valence-corrected chi connectivity index (χ4v) is 7.22. The van der Waals surface area contributed by atoms with Crippen LogP contribution < -0.4 is 0 Å². The van der Waals surface area contributed by atoms with Crippen molar-refractivity contribution < 1.29 is 21.6 Å². The van der Waals surface area contributed by atoms with Crippen LogP contribution in [0.15, 0.2) is 108 Å². The van der Waals surface area contributed by atoms with Crippen LogP contribution in [0.2, 0.25) is 0 Å². The minimum Gasteiger partial charge on any atom is -0.341 e. The highest BCUT2D eigenvalue weighted by molar-refractivity contribution is 7.96. The van der Waals surface area contributed by atoms with E-state index in [4.69, 9.17) is 0 Å². The number of nitrogens with zero attached hydrogens (tertiary/aromatic N) is 1. The molecule has 1 aromatic heterocycles. The van der Waals surface area contributed by atoms with Crippen LogP contribution in [-0.2, 0) is 21.8 Å². The summed E-state index contributed by atoms with van der Waals surface area (Å²) in [5, 5.41) is 2.02. The summed E-state index contributed by atoms with van der Waals surface area (Å²) in [6.45, 7) is 2.83. The summed E-state index contributed by atoms with van der Waals surface area (Å²) in [6, 6.07) is 31.8. The Morgan fingerprint density at radius 2 is 1.37 bits per heavy atom. The fraction of sp³-hybridized carbons (Fsp3) is 0.161. The van der Waals surface area contributed by atoms with Crippen molar-refractivity contribution in [1.82, 2.24) is 4.57 Å². The molecule has 0 spiro atoms. The van der Waals surface area contributed by atoms with Gasteiger partial charge >= 0.3 is 5.51 Å². The second-order valence-corrected chi connectivity index (χ2v) is 11.5. The van der Waals surface area contributed by atoms with Gasteiger partial charge in [0, 0.05) is 34.8 Å². The summed E-state index contributed by atoms with van der Waals surface area (Å²) in [4.78, 5) is -0.573. The molecule has 38 heavy (non-hydrogen) atoms. The Balaban J connectivity index is 1.71. The Bertz CT molecular complexity index is 1820. The van der Waals surface area contributed by atoms with E-state index in [0.29, 0.717) is 5.56 Å². The fourth-order valence-electron chi connectivity index (χ4n) is 5.97. The molecule has 0 saturated heterocycles. The Kier molecular flexibility index (Phi) is 5.54. The molecule has 0 amide bonds. The zero-order valence-electron chi connectivity index (χ0n) is 20.5. The van der Waals surface area contributed by atoms with Gasteiger partial charge in [0.2, 0.25) is 0 Å². The first-order valence-corrected chi connectivity index (χ1v) is 13.9. The summed E-state index contributed by atoms with van der Waals surface area (Å²) >= 11 is 0. The van der Waals surface area contributed by atoms with E-state index in [2.05, 4.69) is 17.6 Å². The van der Waals surface area contributed by atoms with Crippen LogP contribution in [0.4, 0.5) is 13.2 Å². The number of aryl methyl sites for hydroxylation is 1. The van der Waals surface area contributed by atoms with E-state index >= 15 is 0 Å². The van der Waals surface area contributed by atoms with Crippen molar-refractivity contribution in [3.05, 3.63) is 125 Å². The van der Waals surface area contributed by atoms with E-state index in [0.717, 1.165) is 39.5 Å². The van der Waals surface area contributed by atoms with E-state index in [1.807, 2.05) is 66.7 Å². The van der Waals surface area contributed by atoms with Gasteiger partial charge in [-0.2, -0.15) is 13.2 Å². The summed E-state index contributed by atoms with van der Waals surface area (Å²) < 4.78 is 69.4. The van der Waals surface area contributed by atoms with Gasteiger partial charge in [-0.1, -0.05) is 84.9 Å². The third-order valence-corrected chi connectivity index (χ3v) is 9.28. The highest BCUT2D eigenvalue weighted by Gasteiger charge is 2.59. The number of allylic oxidation sites excluding steroid dienone is 2. The maximum Gasteiger partial charge on any atom is 0.501 e. The number of rotatable bonds is 5. The molecule has 0 bridgehead atoms. The van der Waals surface area contributed by atoms with E-state index < -0.39 is 25.7 Å². The Labute approximate surface area is 218 Å². The quantitative estimate of drug-likeness (QED) is 0.232. The number of hydrogen-bond donors (Lipinski definition) is 0. The predicted octanol–water partition coefficient (Wildman–Crippen LogP) is 7.85. The van der Waals surface area contributed by atoms with Crippen LogP contribution in [-0.4, -0.2) is 18.5 Å². The molecule has 1 heterocycles. The second-order valence-electron chi connectivity index (χ2n) is 9.55. The summed E-state index contributed by atoms with van der Waals surface area (Å²) in [5.41, 5.74) is -2.21. The second kappa shape index (κ2) is 8.60. The summed E-state index contributed by atoms with van der Waals surface area (Å²) in [6.07, 6.45) is -0.277. The smallest absolute Gasteiger partial charge is 0.341 e. The van der Waals surface area contributed by atoms with Gasteiger partial charge in [0.15, 0.2) is 0 Å². The minimum absolute atomic E-state index is 0.181. The van der Waals surface area contributed by atoms with Crippen LogP contribution in [0.5, 0.6) is 0 Å². The molecular weight excluding hydrogens is 507 g/mol. The van der Waals surface area contributed by atoms with Crippen LogP contribution >= 0.6 is 0 Å². The maximum atomic E-state index is 13.9. The molecule has 0 saturated carbocycles. The number of hydrogen-bond acceptors (Lipinski definition) is 2. The van der Waals surface area contributed by atoms with Crippen LogP contribution in [0, 0.1) is 0 Å². The van der Waals surface area contributed by atoms with Gasteiger partial charge in [-0.25, -0.2) is 8.42 Å². The molecular formula is C31H24F3NO2S. The Hall–Kier alpha value is -3.84. The van der Waals surface area contributed by atoms with Crippen molar-refractivity contribution in [3.63, 3.8) is 0 Å². The molecule has 1 atom stereocenters. The average Bonchev–Trinajstić information content (AvgIpc) is 3.22. The Morgan fingerprint density at radius 1 is 0.763 bits per heavy atom. The van der Waals surface area contributed by atoms with Crippen LogP contribution in [0.3, 0.4) is 0 Å².